The molecule has 0 bridgehead atoms. The molecule has 2 rings (SSSR count). The number of carbonyl (C=O) groups excluding carboxylic acids is 1. The summed E-state index contributed by atoms with van der Waals surface area (Å²) in [5.74, 6) is 1.30. The lowest BCUT2D eigenvalue weighted by Crippen LogP contribution is -2.48. The van der Waals surface area contributed by atoms with Crippen molar-refractivity contribution in [3.05, 3.63) is 28.3 Å². The number of nitro groups is 1. The number of hydrogen-bond acceptors (Lipinski definition) is 5. The number of hydrogen-bond donors (Lipinski definition) is 1. The molecule has 1 amide bonds. The van der Waals surface area contributed by atoms with E-state index in [2.05, 4.69) is 19.2 Å². The van der Waals surface area contributed by atoms with Crippen LogP contribution in [0.2, 0.25) is 0 Å². The van der Waals surface area contributed by atoms with E-state index in [1.54, 1.807) is 6.92 Å². The molecule has 1 N–H and O–H groups in total. The molecule has 0 spiro atoms. The molecular weight excluding hydrogens is 324 g/mol. The quantitative estimate of drug-likeness (QED) is 0.628. The Kier molecular flexibility index (Phi) is 6.22. The highest BCUT2D eigenvalue weighted by molar-refractivity contribution is 5.81. The number of nitrogens with zero attached hydrogens (tertiary/aromatic N) is 1. The summed E-state index contributed by atoms with van der Waals surface area (Å²) in [6.07, 6.45) is 2.47. The summed E-state index contributed by atoms with van der Waals surface area (Å²) in [6.45, 7) is 5.99. The predicted octanol–water partition coefficient (Wildman–Crippen LogP) is 3.31. The molecule has 1 saturated carbocycles. The van der Waals surface area contributed by atoms with Crippen molar-refractivity contribution in [1.29, 1.82) is 0 Å². The molecule has 0 unspecified atom stereocenters. The van der Waals surface area contributed by atoms with Gasteiger partial charge in [0.15, 0.2) is 17.6 Å². The lowest BCUT2D eigenvalue weighted by molar-refractivity contribution is -0.385. The van der Waals surface area contributed by atoms with Crippen molar-refractivity contribution in [2.45, 2.75) is 52.2 Å². The van der Waals surface area contributed by atoms with E-state index in [1.807, 2.05) is 0 Å². The van der Waals surface area contributed by atoms with Crippen LogP contribution < -0.4 is 14.8 Å². The maximum absolute atomic E-state index is 12.5. The van der Waals surface area contributed by atoms with Gasteiger partial charge < -0.3 is 14.8 Å². The highest BCUT2D eigenvalue weighted by Gasteiger charge is 2.30. The van der Waals surface area contributed by atoms with Gasteiger partial charge in [0.25, 0.3) is 11.6 Å². The largest absolute Gasteiger partial charge is 0.493 e. The minimum Gasteiger partial charge on any atom is -0.493 e. The Morgan fingerprint density at radius 2 is 2.04 bits per heavy atom. The fraction of sp³-hybridized carbons (Fsp3) is 0.611. The molecule has 1 aliphatic rings. The van der Waals surface area contributed by atoms with Crippen LogP contribution in [0.3, 0.4) is 0 Å². The molecule has 7 heteroatoms. The zero-order valence-electron chi connectivity index (χ0n) is 15.2. The molecule has 1 aliphatic carbocycles. The third kappa shape index (κ3) is 4.61. The number of nitro benzene ring substituents is 1. The van der Waals surface area contributed by atoms with E-state index in [0.29, 0.717) is 17.6 Å². The van der Waals surface area contributed by atoms with Crippen molar-refractivity contribution >= 4 is 11.6 Å². The van der Waals surface area contributed by atoms with Crippen molar-refractivity contribution in [1.82, 2.24) is 5.32 Å². The number of carbonyl (C=O) groups is 1. The minimum atomic E-state index is -0.777. The van der Waals surface area contributed by atoms with Crippen LogP contribution >= 0.6 is 0 Å². The fourth-order valence-electron chi connectivity index (χ4n) is 3.20. The van der Waals surface area contributed by atoms with Crippen LogP contribution in [-0.4, -0.2) is 30.1 Å². The molecular formula is C18H26N2O5. The molecule has 0 radical (unpaired) electrons. The van der Waals surface area contributed by atoms with Gasteiger partial charge in [0.05, 0.1) is 18.1 Å². The molecule has 0 aromatic heterocycles. The van der Waals surface area contributed by atoms with Gasteiger partial charge in [-0.2, -0.15) is 0 Å². The standard InChI is InChI=1S/C18H26N2O5/c1-11-6-5-7-15(12(11)2)19-18(21)13(3)25-17-10-14(20(22)23)8-9-16(17)24-4/h8-13,15H,5-7H2,1-4H3,(H,19,21)/t11-,12+,13+,15+/m0/s1. The lowest BCUT2D eigenvalue weighted by atomic mass is 9.78. The van der Waals surface area contributed by atoms with E-state index in [9.17, 15) is 14.9 Å². The van der Waals surface area contributed by atoms with E-state index >= 15 is 0 Å². The van der Waals surface area contributed by atoms with Crippen molar-refractivity contribution < 1.29 is 19.2 Å². The van der Waals surface area contributed by atoms with Gasteiger partial charge >= 0.3 is 0 Å². The van der Waals surface area contributed by atoms with Crippen LogP contribution in [0.1, 0.15) is 40.0 Å². The van der Waals surface area contributed by atoms with Crippen LogP contribution in [0.15, 0.2) is 18.2 Å². The van der Waals surface area contributed by atoms with E-state index in [0.717, 1.165) is 12.8 Å². The molecule has 0 heterocycles. The summed E-state index contributed by atoms with van der Waals surface area (Å²) < 4.78 is 10.8. The molecule has 0 saturated heterocycles. The molecule has 4 atom stereocenters. The van der Waals surface area contributed by atoms with Crippen molar-refractivity contribution in [2.75, 3.05) is 7.11 Å². The average molecular weight is 350 g/mol. The fourth-order valence-corrected chi connectivity index (χ4v) is 3.20. The monoisotopic (exact) mass is 350 g/mol. The summed E-state index contributed by atoms with van der Waals surface area (Å²) in [4.78, 5) is 22.9. The van der Waals surface area contributed by atoms with Gasteiger partial charge in [-0.15, -0.1) is 0 Å². The van der Waals surface area contributed by atoms with E-state index < -0.39 is 11.0 Å². The summed E-state index contributed by atoms with van der Waals surface area (Å²) in [5.41, 5.74) is -0.113. The third-order valence-corrected chi connectivity index (χ3v) is 5.07. The number of benzene rings is 1. The Morgan fingerprint density at radius 3 is 2.68 bits per heavy atom. The van der Waals surface area contributed by atoms with E-state index in [-0.39, 0.29) is 23.4 Å². The first-order valence-corrected chi connectivity index (χ1v) is 8.63. The van der Waals surface area contributed by atoms with Crippen molar-refractivity contribution in [2.24, 2.45) is 11.8 Å². The molecule has 138 valence electrons. The lowest BCUT2D eigenvalue weighted by Gasteiger charge is -2.35. The predicted molar refractivity (Wildman–Crippen MR) is 93.8 cm³/mol. The number of non-ortho nitro benzene ring substituents is 1. The van der Waals surface area contributed by atoms with Crippen LogP contribution in [-0.2, 0) is 4.79 Å². The highest BCUT2D eigenvalue weighted by atomic mass is 16.6. The minimum absolute atomic E-state index is 0.113. The van der Waals surface area contributed by atoms with Gasteiger partial charge in [0.1, 0.15) is 0 Å². The second-order valence-electron chi connectivity index (χ2n) is 6.73. The van der Waals surface area contributed by atoms with E-state index in [4.69, 9.17) is 9.47 Å². The summed E-state index contributed by atoms with van der Waals surface area (Å²) in [6, 6.07) is 4.20. The normalized spacial score (nSPS) is 24.2. The van der Waals surface area contributed by atoms with Gasteiger partial charge in [-0.05, 0) is 31.2 Å². The zero-order valence-corrected chi connectivity index (χ0v) is 15.2. The Balaban J connectivity index is 2.05. The van der Waals surface area contributed by atoms with Gasteiger partial charge in [-0.25, -0.2) is 0 Å². The number of nitrogens with one attached hydrogen (secondary N) is 1. The first-order valence-electron chi connectivity index (χ1n) is 8.63. The Morgan fingerprint density at radius 1 is 1.32 bits per heavy atom. The molecule has 25 heavy (non-hydrogen) atoms. The van der Waals surface area contributed by atoms with Gasteiger partial charge in [0, 0.05) is 12.1 Å². The number of amides is 1. The second kappa shape index (κ2) is 8.18. The van der Waals surface area contributed by atoms with Crippen molar-refractivity contribution in [3.8, 4) is 11.5 Å². The third-order valence-electron chi connectivity index (χ3n) is 5.07. The van der Waals surface area contributed by atoms with Crippen LogP contribution in [0.5, 0.6) is 11.5 Å². The first kappa shape index (κ1) is 19.0. The van der Waals surface area contributed by atoms with Crippen molar-refractivity contribution in [3.63, 3.8) is 0 Å². The second-order valence-corrected chi connectivity index (χ2v) is 6.73. The summed E-state index contributed by atoms with van der Waals surface area (Å²) in [7, 11) is 1.45. The number of ether oxygens (including phenoxy) is 2. The Labute approximate surface area is 147 Å². The topological polar surface area (TPSA) is 90.7 Å². The summed E-state index contributed by atoms with van der Waals surface area (Å²) >= 11 is 0. The van der Waals surface area contributed by atoms with Gasteiger partial charge in [-0.1, -0.05) is 26.7 Å². The van der Waals surface area contributed by atoms with Crippen LogP contribution in [0.4, 0.5) is 5.69 Å². The first-order chi connectivity index (χ1) is 11.8. The molecule has 1 fully saturated rings. The molecule has 0 aliphatic heterocycles. The maximum atomic E-state index is 12.5. The highest BCUT2D eigenvalue weighted by Crippen LogP contribution is 2.32. The van der Waals surface area contributed by atoms with Gasteiger partial charge in [-0.3, -0.25) is 14.9 Å². The number of methoxy groups -OCH3 is 1. The van der Waals surface area contributed by atoms with Crippen LogP contribution in [0, 0.1) is 22.0 Å². The maximum Gasteiger partial charge on any atom is 0.273 e. The number of rotatable bonds is 6. The summed E-state index contributed by atoms with van der Waals surface area (Å²) in [5, 5.41) is 14.0. The average Bonchev–Trinajstić information content (AvgIpc) is 2.58. The smallest absolute Gasteiger partial charge is 0.273 e. The van der Waals surface area contributed by atoms with Gasteiger partial charge in [0.2, 0.25) is 0 Å². The van der Waals surface area contributed by atoms with Crippen LogP contribution in [0.25, 0.3) is 0 Å². The Hall–Kier alpha value is -2.31. The van der Waals surface area contributed by atoms with E-state index in [1.165, 1.54) is 31.7 Å². The molecule has 1 aromatic rings. The SMILES string of the molecule is COc1ccc([N+](=O)[O-])cc1O[C@H](C)C(=O)N[C@@H]1CCC[C@H](C)[C@H]1C. The Bertz CT molecular complexity index is 634. The zero-order chi connectivity index (χ0) is 18.6. The molecule has 1 aromatic carbocycles. The molecule has 7 nitrogen and oxygen atoms in total.